The van der Waals surface area contributed by atoms with E-state index < -0.39 is 6.43 Å². The van der Waals surface area contributed by atoms with Crippen LogP contribution in [0.1, 0.15) is 62.4 Å². The highest BCUT2D eigenvalue weighted by Crippen LogP contribution is 2.34. The molecule has 6 nitrogen and oxygen atoms in total. The van der Waals surface area contributed by atoms with E-state index >= 15 is 0 Å². The van der Waals surface area contributed by atoms with Gasteiger partial charge in [-0.15, -0.1) is 0 Å². The van der Waals surface area contributed by atoms with E-state index in [0.29, 0.717) is 24.0 Å². The molecule has 2 aromatic rings. The van der Waals surface area contributed by atoms with Crippen molar-refractivity contribution in [3.8, 4) is 6.07 Å². The van der Waals surface area contributed by atoms with Gasteiger partial charge in [-0.2, -0.15) is 5.26 Å². The Labute approximate surface area is 194 Å². The summed E-state index contributed by atoms with van der Waals surface area (Å²) in [6.45, 7) is 2.65. The highest BCUT2D eigenvalue weighted by Gasteiger charge is 2.28. The van der Waals surface area contributed by atoms with Crippen molar-refractivity contribution < 1.29 is 8.78 Å². The van der Waals surface area contributed by atoms with Crippen molar-refractivity contribution in [1.29, 1.82) is 5.26 Å². The lowest BCUT2D eigenvalue weighted by Crippen LogP contribution is -2.34. The van der Waals surface area contributed by atoms with E-state index in [2.05, 4.69) is 38.7 Å². The number of nitrogens with one attached hydrogen (secondary N) is 2. The third kappa shape index (κ3) is 6.38. The van der Waals surface area contributed by atoms with E-state index in [9.17, 15) is 14.0 Å². The first-order chi connectivity index (χ1) is 16.0. The first-order valence-corrected chi connectivity index (χ1v) is 11.9. The average Bonchev–Trinajstić information content (AvgIpc) is 3.52. The number of halogens is 2. The van der Waals surface area contributed by atoms with Gasteiger partial charge in [0, 0.05) is 24.2 Å². The van der Waals surface area contributed by atoms with Crippen LogP contribution in [-0.2, 0) is 19.4 Å². The van der Waals surface area contributed by atoms with Crippen LogP contribution in [0, 0.1) is 17.2 Å². The minimum Gasteiger partial charge on any atom is -0.361 e. The molecule has 2 aliphatic carbocycles. The second kappa shape index (κ2) is 10.9. The van der Waals surface area contributed by atoms with Crippen LogP contribution < -0.4 is 15.8 Å². The Hall–Kier alpha value is -2.79. The van der Waals surface area contributed by atoms with Gasteiger partial charge in [0.05, 0.1) is 37.1 Å². The summed E-state index contributed by atoms with van der Waals surface area (Å²) in [5.41, 5.74) is 9.60. The van der Waals surface area contributed by atoms with Gasteiger partial charge in [0.15, 0.2) is 0 Å². The van der Waals surface area contributed by atoms with Crippen molar-refractivity contribution in [2.45, 2.75) is 83.3 Å². The Bertz CT molecular complexity index is 948. The van der Waals surface area contributed by atoms with Gasteiger partial charge in [-0.05, 0) is 55.7 Å². The van der Waals surface area contributed by atoms with E-state index in [1.165, 1.54) is 12.8 Å². The predicted molar refractivity (Wildman–Crippen MR) is 125 cm³/mol. The quantitative estimate of drug-likeness (QED) is 0.465. The summed E-state index contributed by atoms with van der Waals surface area (Å²) in [4.78, 5) is 11.3. The zero-order valence-corrected chi connectivity index (χ0v) is 19.1. The molecule has 4 rings (SSSR count). The fraction of sp³-hybridized carbons (Fsp3) is 0.560. The predicted octanol–water partition coefficient (Wildman–Crippen LogP) is 5.01. The summed E-state index contributed by atoms with van der Waals surface area (Å²) in [6, 6.07) is 8.26. The first-order valence-electron chi connectivity index (χ1n) is 11.9. The molecule has 0 aliphatic heterocycles. The lowest BCUT2D eigenvalue weighted by atomic mass is 10.0. The van der Waals surface area contributed by atoms with Crippen LogP contribution >= 0.6 is 0 Å². The standard InChI is InChI=1S/C25H32F2N6/c1-17(19-8-9-19)31-32-21-14-29-25(30-15-21)16-33(22-4-2-3-5-22)23-12-18(13-24(26)27)6-7-20(23)10-11-28/h6-7,12,14-15,17,19,22,24,31-32H,2-5,8-10,13,16H2,1H3/t17-/m0/s1. The third-order valence-corrected chi connectivity index (χ3v) is 6.67. The van der Waals surface area contributed by atoms with E-state index in [1.807, 2.05) is 12.1 Å². The molecular weight excluding hydrogens is 422 g/mol. The smallest absolute Gasteiger partial charge is 0.242 e. The number of nitriles is 1. The third-order valence-electron chi connectivity index (χ3n) is 6.67. The molecule has 0 spiro atoms. The zero-order chi connectivity index (χ0) is 23.2. The van der Waals surface area contributed by atoms with Crippen LogP contribution in [0.4, 0.5) is 20.2 Å². The molecule has 0 saturated heterocycles. The van der Waals surface area contributed by atoms with Gasteiger partial charge < -0.3 is 10.3 Å². The Balaban J connectivity index is 1.53. The van der Waals surface area contributed by atoms with Crippen molar-refractivity contribution in [2.24, 2.45) is 5.92 Å². The minimum absolute atomic E-state index is 0.238. The summed E-state index contributed by atoms with van der Waals surface area (Å²) in [5.74, 6) is 1.41. The number of rotatable bonds is 11. The Morgan fingerprint density at radius 1 is 1.15 bits per heavy atom. The summed E-state index contributed by atoms with van der Waals surface area (Å²) in [5, 5.41) is 9.33. The number of hydrogen-bond donors (Lipinski definition) is 2. The molecule has 8 heteroatoms. The van der Waals surface area contributed by atoms with Crippen molar-refractivity contribution in [3.63, 3.8) is 0 Å². The Morgan fingerprint density at radius 2 is 1.88 bits per heavy atom. The molecule has 1 aromatic carbocycles. The number of nitrogens with zero attached hydrogens (tertiary/aromatic N) is 4. The molecule has 0 radical (unpaired) electrons. The maximum Gasteiger partial charge on any atom is 0.242 e. The van der Waals surface area contributed by atoms with Crippen molar-refractivity contribution in [2.75, 3.05) is 10.3 Å². The highest BCUT2D eigenvalue weighted by molar-refractivity contribution is 5.57. The fourth-order valence-corrected chi connectivity index (χ4v) is 4.61. The molecule has 176 valence electrons. The van der Waals surface area contributed by atoms with E-state index in [4.69, 9.17) is 0 Å². The highest BCUT2D eigenvalue weighted by atomic mass is 19.3. The van der Waals surface area contributed by atoms with Crippen LogP contribution in [0.15, 0.2) is 30.6 Å². The number of hydrogen-bond acceptors (Lipinski definition) is 6. The van der Waals surface area contributed by atoms with Gasteiger partial charge in [0.1, 0.15) is 5.82 Å². The fourth-order valence-electron chi connectivity index (χ4n) is 4.61. The lowest BCUT2D eigenvalue weighted by Gasteiger charge is -2.32. The lowest BCUT2D eigenvalue weighted by molar-refractivity contribution is 0.149. The zero-order valence-electron chi connectivity index (χ0n) is 19.1. The minimum atomic E-state index is -2.40. The van der Waals surface area contributed by atoms with Gasteiger partial charge in [-0.1, -0.05) is 25.0 Å². The molecule has 0 bridgehead atoms. The molecule has 0 amide bonds. The molecule has 2 aliphatic rings. The van der Waals surface area contributed by atoms with Crippen LogP contribution in [0.5, 0.6) is 0 Å². The monoisotopic (exact) mass is 454 g/mol. The summed E-state index contributed by atoms with van der Waals surface area (Å²) in [6.07, 6.45) is 7.98. The number of benzene rings is 1. The van der Waals surface area contributed by atoms with Gasteiger partial charge in [-0.25, -0.2) is 24.2 Å². The number of hydrazine groups is 1. The molecule has 2 saturated carbocycles. The molecule has 1 atom stereocenters. The molecule has 2 fully saturated rings. The second-order valence-corrected chi connectivity index (χ2v) is 9.24. The molecular formula is C25H32F2N6. The van der Waals surface area contributed by atoms with Gasteiger partial charge in [-0.3, -0.25) is 0 Å². The summed E-state index contributed by atoms with van der Waals surface area (Å²) >= 11 is 0. The number of anilines is 2. The number of aromatic nitrogens is 2. The summed E-state index contributed by atoms with van der Waals surface area (Å²) in [7, 11) is 0. The molecule has 2 N–H and O–H groups in total. The Morgan fingerprint density at radius 3 is 2.52 bits per heavy atom. The van der Waals surface area contributed by atoms with Crippen molar-refractivity contribution in [3.05, 3.63) is 47.5 Å². The topological polar surface area (TPSA) is 76.9 Å². The average molecular weight is 455 g/mol. The first kappa shape index (κ1) is 23.4. The molecule has 0 unspecified atom stereocenters. The number of alkyl halides is 2. The largest absolute Gasteiger partial charge is 0.361 e. The van der Waals surface area contributed by atoms with Gasteiger partial charge >= 0.3 is 0 Å². The SMILES string of the molecule is C[C@H](NNc1cnc(CN(c2cc(CC(F)F)ccc2CC#N)C2CCCC2)nc1)C1CC1. The van der Waals surface area contributed by atoms with Crippen LogP contribution in [0.2, 0.25) is 0 Å². The van der Waals surface area contributed by atoms with Gasteiger partial charge in [0.2, 0.25) is 6.43 Å². The van der Waals surface area contributed by atoms with E-state index in [1.54, 1.807) is 18.5 Å². The molecule has 33 heavy (non-hydrogen) atoms. The van der Waals surface area contributed by atoms with Crippen LogP contribution in [-0.4, -0.2) is 28.5 Å². The maximum absolute atomic E-state index is 13.1. The normalized spacial score (nSPS) is 17.2. The second-order valence-electron chi connectivity index (χ2n) is 9.24. The molecule has 1 heterocycles. The maximum atomic E-state index is 13.1. The van der Waals surface area contributed by atoms with Crippen LogP contribution in [0.25, 0.3) is 0 Å². The van der Waals surface area contributed by atoms with Crippen molar-refractivity contribution in [1.82, 2.24) is 15.4 Å². The van der Waals surface area contributed by atoms with Gasteiger partial charge in [0.25, 0.3) is 0 Å². The van der Waals surface area contributed by atoms with Crippen LogP contribution in [0.3, 0.4) is 0 Å². The van der Waals surface area contributed by atoms with E-state index in [-0.39, 0.29) is 18.9 Å². The summed E-state index contributed by atoms with van der Waals surface area (Å²) < 4.78 is 26.1. The Kier molecular flexibility index (Phi) is 7.71. The molecule has 1 aromatic heterocycles. The van der Waals surface area contributed by atoms with E-state index in [0.717, 1.165) is 48.5 Å². The van der Waals surface area contributed by atoms with Crippen molar-refractivity contribution >= 4 is 11.4 Å².